The van der Waals surface area contributed by atoms with Gasteiger partial charge < -0.3 is 10.1 Å². The van der Waals surface area contributed by atoms with Crippen LogP contribution in [0, 0.1) is 0 Å². The number of carbonyl (C=O) groups excluding carboxylic acids is 3. The van der Waals surface area contributed by atoms with Crippen molar-refractivity contribution in [3.63, 3.8) is 0 Å². The molecule has 1 saturated carbocycles. The molecule has 0 unspecified atom stereocenters. The van der Waals surface area contributed by atoms with E-state index in [9.17, 15) is 14.4 Å². The zero-order chi connectivity index (χ0) is 24.3. The number of hydrogen-bond acceptors (Lipinski definition) is 5. The van der Waals surface area contributed by atoms with Crippen molar-refractivity contribution >= 4 is 23.5 Å². The maximum absolute atomic E-state index is 13.8. The number of nitrogens with zero attached hydrogens (tertiary/aromatic N) is 3. The number of aryl methyl sites for hydroxylation is 1. The zero-order valence-corrected chi connectivity index (χ0v) is 20.3. The van der Waals surface area contributed by atoms with Gasteiger partial charge in [0.05, 0.1) is 13.2 Å². The highest BCUT2D eigenvalue weighted by molar-refractivity contribution is 6.12. The third-order valence-electron chi connectivity index (χ3n) is 6.92. The smallest absolute Gasteiger partial charge is 0.358 e. The van der Waals surface area contributed by atoms with Gasteiger partial charge in [-0.05, 0) is 50.8 Å². The molecule has 0 spiro atoms. The highest BCUT2D eigenvalue weighted by Gasteiger charge is 2.49. The second kappa shape index (κ2) is 9.99. The fraction of sp³-hybridized carbons (Fsp3) is 0.538. The van der Waals surface area contributed by atoms with Crippen molar-refractivity contribution in [1.29, 1.82) is 0 Å². The second-order valence-corrected chi connectivity index (χ2v) is 9.39. The van der Waals surface area contributed by atoms with Gasteiger partial charge in [-0.15, -0.1) is 0 Å². The molecule has 1 aliphatic carbocycles. The summed E-state index contributed by atoms with van der Waals surface area (Å²) >= 11 is 0. The SMILES string of the molecule is CCOC(=O)c1cc2n(n1)C[C@@](C)(C(=O)NC1CCCCCC1)N(c1ccc(CC)cc1)C2=O. The Labute approximate surface area is 200 Å². The lowest BCUT2D eigenvalue weighted by molar-refractivity contribution is -0.127. The van der Waals surface area contributed by atoms with Crippen LogP contribution in [0.4, 0.5) is 5.69 Å². The lowest BCUT2D eigenvalue weighted by atomic mass is 9.93. The van der Waals surface area contributed by atoms with Gasteiger partial charge in [0.1, 0.15) is 11.2 Å². The number of carbonyl (C=O) groups is 3. The molecule has 182 valence electrons. The summed E-state index contributed by atoms with van der Waals surface area (Å²) in [5.74, 6) is -1.15. The number of fused-ring (bicyclic) bond motifs is 1. The molecule has 2 amide bonds. The summed E-state index contributed by atoms with van der Waals surface area (Å²) in [6, 6.07) is 9.26. The van der Waals surface area contributed by atoms with Gasteiger partial charge in [-0.2, -0.15) is 5.10 Å². The first-order valence-corrected chi connectivity index (χ1v) is 12.4. The Morgan fingerprint density at radius 3 is 2.41 bits per heavy atom. The number of esters is 1. The average molecular weight is 467 g/mol. The lowest BCUT2D eigenvalue weighted by Crippen LogP contribution is -2.65. The van der Waals surface area contributed by atoms with E-state index < -0.39 is 11.5 Å². The highest BCUT2D eigenvalue weighted by atomic mass is 16.5. The Kier molecular flexibility index (Phi) is 7.05. The fourth-order valence-corrected chi connectivity index (χ4v) is 4.94. The van der Waals surface area contributed by atoms with E-state index in [0.717, 1.165) is 37.7 Å². The summed E-state index contributed by atoms with van der Waals surface area (Å²) in [7, 11) is 0. The first-order chi connectivity index (χ1) is 16.4. The molecule has 2 aromatic rings. The van der Waals surface area contributed by atoms with Crippen LogP contribution in [0.25, 0.3) is 0 Å². The molecule has 8 nitrogen and oxygen atoms in total. The van der Waals surface area contributed by atoms with Crippen molar-refractivity contribution in [1.82, 2.24) is 15.1 Å². The third kappa shape index (κ3) is 4.58. The Bertz CT molecular complexity index is 1050. The van der Waals surface area contributed by atoms with Crippen LogP contribution in [-0.4, -0.2) is 45.8 Å². The van der Waals surface area contributed by atoms with Gasteiger partial charge in [-0.1, -0.05) is 44.7 Å². The van der Waals surface area contributed by atoms with Crippen molar-refractivity contribution in [2.75, 3.05) is 11.5 Å². The number of hydrogen-bond donors (Lipinski definition) is 1. The van der Waals surface area contributed by atoms with Crippen LogP contribution in [0.2, 0.25) is 0 Å². The monoisotopic (exact) mass is 466 g/mol. The minimum atomic E-state index is -1.21. The van der Waals surface area contributed by atoms with E-state index >= 15 is 0 Å². The molecule has 8 heteroatoms. The summed E-state index contributed by atoms with van der Waals surface area (Å²) in [6.07, 6.45) is 7.33. The molecule has 1 aliphatic heterocycles. The summed E-state index contributed by atoms with van der Waals surface area (Å²) < 4.78 is 6.54. The van der Waals surface area contributed by atoms with Crippen molar-refractivity contribution < 1.29 is 19.1 Å². The average Bonchev–Trinajstić information content (AvgIpc) is 3.08. The topological polar surface area (TPSA) is 93.5 Å². The molecular weight excluding hydrogens is 432 g/mol. The van der Waals surface area contributed by atoms with Gasteiger partial charge in [0.15, 0.2) is 5.69 Å². The van der Waals surface area contributed by atoms with Crippen molar-refractivity contribution in [2.45, 2.75) is 83.8 Å². The van der Waals surface area contributed by atoms with E-state index in [1.807, 2.05) is 24.3 Å². The van der Waals surface area contributed by atoms with Crippen molar-refractivity contribution in [3.8, 4) is 0 Å². The van der Waals surface area contributed by atoms with E-state index in [-0.39, 0.29) is 42.4 Å². The molecule has 1 aromatic heterocycles. The molecule has 0 saturated heterocycles. The van der Waals surface area contributed by atoms with Crippen molar-refractivity contribution in [3.05, 3.63) is 47.3 Å². The van der Waals surface area contributed by atoms with Gasteiger partial charge in [0.2, 0.25) is 5.91 Å². The number of ether oxygens (including phenoxy) is 1. The third-order valence-corrected chi connectivity index (χ3v) is 6.92. The van der Waals surface area contributed by atoms with Crippen LogP contribution in [0.1, 0.15) is 85.8 Å². The Morgan fingerprint density at radius 2 is 1.79 bits per heavy atom. The molecule has 0 radical (unpaired) electrons. The van der Waals surface area contributed by atoms with E-state index in [2.05, 4.69) is 17.3 Å². The van der Waals surface area contributed by atoms with Crippen LogP contribution >= 0.6 is 0 Å². The zero-order valence-electron chi connectivity index (χ0n) is 20.3. The summed E-state index contributed by atoms with van der Waals surface area (Å²) in [5.41, 5.74) is 0.919. The van der Waals surface area contributed by atoms with Gasteiger partial charge in [0, 0.05) is 17.8 Å². The summed E-state index contributed by atoms with van der Waals surface area (Å²) in [5, 5.41) is 7.56. The molecule has 1 fully saturated rings. The predicted molar refractivity (Wildman–Crippen MR) is 129 cm³/mol. The molecule has 2 heterocycles. The molecule has 0 bridgehead atoms. The van der Waals surface area contributed by atoms with Crippen molar-refractivity contribution in [2.24, 2.45) is 0 Å². The summed E-state index contributed by atoms with van der Waals surface area (Å²) in [6.45, 7) is 5.92. The molecule has 1 aromatic carbocycles. The van der Waals surface area contributed by atoms with Crippen LogP contribution in [-0.2, 0) is 22.5 Å². The first kappa shape index (κ1) is 24.0. The van der Waals surface area contributed by atoms with Gasteiger partial charge in [-0.25, -0.2) is 4.79 Å². The molecule has 4 rings (SSSR count). The molecular formula is C26H34N4O4. The largest absolute Gasteiger partial charge is 0.461 e. The first-order valence-electron chi connectivity index (χ1n) is 12.4. The van der Waals surface area contributed by atoms with E-state index in [4.69, 9.17) is 4.74 Å². The number of aromatic nitrogens is 2. The Morgan fingerprint density at radius 1 is 1.12 bits per heavy atom. The quantitative estimate of drug-likeness (QED) is 0.515. The number of rotatable bonds is 6. The van der Waals surface area contributed by atoms with Gasteiger partial charge in [-0.3, -0.25) is 19.2 Å². The van der Waals surface area contributed by atoms with Gasteiger partial charge >= 0.3 is 5.97 Å². The minimum absolute atomic E-state index is 0.0694. The number of benzene rings is 1. The van der Waals surface area contributed by atoms with Crippen LogP contribution in [0.15, 0.2) is 30.3 Å². The molecule has 1 N–H and O–H groups in total. The van der Waals surface area contributed by atoms with Gasteiger partial charge in [0.25, 0.3) is 5.91 Å². The molecule has 34 heavy (non-hydrogen) atoms. The minimum Gasteiger partial charge on any atom is -0.461 e. The van der Waals surface area contributed by atoms with E-state index in [1.165, 1.54) is 23.6 Å². The standard InChI is InChI=1S/C26H34N4O4/c1-4-18-12-14-20(15-13-18)30-23(31)22-16-21(24(32)34-5-2)28-29(22)17-26(30,3)25(33)27-19-10-8-6-7-9-11-19/h12-16,19H,4-11,17H2,1-3H3,(H,27,33)/t26-/m0/s1. The normalized spacial score (nSPS) is 21.0. The number of amides is 2. The summed E-state index contributed by atoms with van der Waals surface area (Å²) in [4.78, 5) is 41.4. The molecule has 1 atom stereocenters. The Hall–Kier alpha value is -3.16. The Balaban J connectivity index is 1.72. The van der Waals surface area contributed by atoms with E-state index in [0.29, 0.717) is 5.69 Å². The van der Waals surface area contributed by atoms with E-state index in [1.54, 1.807) is 18.7 Å². The fourth-order valence-electron chi connectivity index (χ4n) is 4.94. The van der Waals surface area contributed by atoms with Crippen LogP contribution in [0.3, 0.4) is 0 Å². The highest BCUT2D eigenvalue weighted by Crippen LogP contribution is 2.33. The maximum atomic E-state index is 13.8. The van der Waals surface area contributed by atoms with Crippen LogP contribution in [0.5, 0.6) is 0 Å². The number of anilines is 1. The molecule has 2 aliphatic rings. The lowest BCUT2D eigenvalue weighted by Gasteiger charge is -2.43. The number of nitrogens with one attached hydrogen (secondary N) is 1. The maximum Gasteiger partial charge on any atom is 0.358 e. The predicted octanol–water partition coefficient (Wildman–Crippen LogP) is 3.88. The van der Waals surface area contributed by atoms with Crippen LogP contribution < -0.4 is 10.2 Å². The second-order valence-electron chi connectivity index (χ2n) is 9.39.